The molecule has 0 saturated heterocycles. The zero-order valence-corrected chi connectivity index (χ0v) is 11.7. The van der Waals surface area contributed by atoms with E-state index in [1.54, 1.807) is 0 Å². The van der Waals surface area contributed by atoms with Gasteiger partial charge in [-0.05, 0) is 43.2 Å². The second kappa shape index (κ2) is 7.51. The summed E-state index contributed by atoms with van der Waals surface area (Å²) in [5.41, 5.74) is 1.24. The maximum absolute atomic E-state index is 10.1. The van der Waals surface area contributed by atoms with Crippen molar-refractivity contribution in [2.45, 2.75) is 44.6 Å². The minimum Gasteiger partial charge on any atom is -0.493 e. The van der Waals surface area contributed by atoms with Gasteiger partial charge in [-0.2, -0.15) is 0 Å². The van der Waals surface area contributed by atoms with Crippen LogP contribution in [-0.2, 0) is 4.74 Å². The molecule has 1 aliphatic rings. The highest BCUT2D eigenvalue weighted by Crippen LogP contribution is 2.36. The van der Waals surface area contributed by atoms with Crippen molar-refractivity contribution >= 4 is 0 Å². The minimum absolute atomic E-state index is 0.284. The Labute approximate surface area is 115 Å². The van der Waals surface area contributed by atoms with Crippen LogP contribution in [0.5, 0.6) is 5.75 Å². The Morgan fingerprint density at radius 1 is 1.37 bits per heavy atom. The van der Waals surface area contributed by atoms with E-state index in [2.05, 4.69) is 13.0 Å². The van der Waals surface area contributed by atoms with Gasteiger partial charge >= 0.3 is 0 Å². The SMILES string of the molecule is CCCOCCC(O)CC1CCOc2ccccc21. The van der Waals surface area contributed by atoms with Gasteiger partial charge in [0.25, 0.3) is 0 Å². The third kappa shape index (κ3) is 4.22. The molecular formula is C16H24O3. The highest BCUT2D eigenvalue weighted by Gasteiger charge is 2.23. The number of benzene rings is 1. The lowest BCUT2D eigenvalue weighted by molar-refractivity contribution is 0.0722. The molecule has 2 atom stereocenters. The van der Waals surface area contributed by atoms with Crippen molar-refractivity contribution in [2.24, 2.45) is 0 Å². The van der Waals surface area contributed by atoms with Crippen LogP contribution in [0.4, 0.5) is 0 Å². The third-order valence-corrected chi connectivity index (χ3v) is 3.58. The van der Waals surface area contributed by atoms with Gasteiger partial charge in [-0.15, -0.1) is 0 Å². The van der Waals surface area contributed by atoms with Gasteiger partial charge in [0.05, 0.1) is 12.7 Å². The van der Waals surface area contributed by atoms with Crippen LogP contribution in [0.15, 0.2) is 24.3 Å². The van der Waals surface area contributed by atoms with Crippen molar-refractivity contribution in [3.05, 3.63) is 29.8 Å². The molecule has 19 heavy (non-hydrogen) atoms. The molecule has 2 unspecified atom stereocenters. The van der Waals surface area contributed by atoms with E-state index < -0.39 is 0 Å². The van der Waals surface area contributed by atoms with Gasteiger partial charge in [-0.3, -0.25) is 0 Å². The molecule has 0 spiro atoms. The van der Waals surface area contributed by atoms with E-state index in [-0.39, 0.29) is 6.10 Å². The summed E-state index contributed by atoms with van der Waals surface area (Å²) in [4.78, 5) is 0. The van der Waals surface area contributed by atoms with E-state index in [4.69, 9.17) is 9.47 Å². The lowest BCUT2D eigenvalue weighted by Gasteiger charge is -2.27. The summed E-state index contributed by atoms with van der Waals surface area (Å²) in [5, 5.41) is 10.1. The zero-order valence-electron chi connectivity index (χ0n) is 11.7. The molecule has 1 aliphatic heterocycles. The fraction of sp³-hybridized carbons (Fsp3) is 0.625. The van der Waals surface area contributed by atoms with E-state index in [1.165, 1.54) is 5.56 Å². The van der Waals surface area contributed by atoms with Gasteiger partial charge in [-0.25, -0.2) is 0 Å². The molecule has 3 heteroatoms. The van der Waals surface area contributed by atoms with Crippen LogP contribution in [0.2, 0.25) is 0 Å². The number of aliphatic hydroxyl groups excluding tert-OH is 1. The van der Waals surface area contributed by atoms with E-state index in [0.29, 0.717) is 12.5 Å². The van der Waals surface area contributed by atoms with Crippen molar-refractivity contribution in [1.29, 1.82) is 0 Å². The molecule has 0 aromatic heterocycles. The standard InChI is InChI=1S/C16H24O3/c1-2-9-18-10-8-14(17)12-13-7-11-19-16-6-4-3-5-15(13)16/h3-6,13-14,17H,2,7-12H2,1H3. The van der Waals surface area contributed by atoms with Crippen LogP contribution >= 0.6 is 0 Å². The van der Waals surface area contributed by atoms with E-state index in [9.17, 15) is 5.11 Å². The predicted molar refractivity (Wildman–Crippen MR) is 75.6 cm³/mol. The lowest BCUT2D eigenvalue weighted by atomic mass is 9.88. The second-order valence-corrected chi connectivity index (χ2v) is 5.16. The Balaban J connectivity index is 1.83. The summed E-state index contributed by atoms with van der Waals surface area (Å²) in [6.45, 7) is 4.28. The Morgan fingerprint density at radius 3 is 3.05 bits per heavy atom. The van der Waals surface area contributed by atoms with Gasteiger partial charge in [0.15, 0.2) is 0 Å². The Bertz CT molecular complexity index is 378. The largest absolute Gasteiger partial charge is 0.493 e. The van der Waals surface area contributed by atoms with Crippen molar-refractivity contribution in [2.75, 3.05) is 19.8 Å². The number of aliphatic hydroxyl groups is 1. The monoisotopic (exact) mass is 264 g/mol. The van der Waals surface area contributed by atoms with Crippen LogP contribution < -0.4 is 4.74 Å². The molecule has 3 nitrogen and oxygen atoms in total. The van der Waals surface area contributed by atoms with Crippen molar-refractivity contribution < 1.29 is 14.6 Å². The fourth-order valence-electron chi connectivity index (χ4n) is 2.57. The third-order valence-electron chi connectivity index (χ3n) is 3.58. The number of fused-ring (bicyclic) bond motifs is 1. The summed E-state index contributed by atoms with van der Waals surface area (Å²) in [5.74, 6) is 1.39. The second-order valence-electron chi connectivity index (χ2n) is 5.16. The van der Waals surface area contributed by atoms with Crippen LogP contribution in [0.1, 0.15) is 44.1 Å². The normalized spacial score (nSPS) is 19.6. The van der Waals surface area contributed by atoms with Gasteiger partial charge in [-0.1, -0.05) is 25.1 Å². The molecule has 0 bridgehead atoms. The summed E-state index contributed by atoms with van der Waals surface area (Å²) in [6, 6.07) is 8.16. The number of hydrogen-bond acceptors (Lipinski definition) is 3. The molecule has 1 aromatic carbocycles. The number of rotatable bonds is 7. The average Bonchev–Trinajstić information content (AvgIpc) is 2.44. The molecule has 0 fully saturated rings. The number of ether oxygens (including phenoxy) is 2. The molecule has 2 rings (SSSR count). The molecule has 1 heterocycles. The van der Waals surface area contributed by atoms with Gasteiger partial charge in [0.1, 0.15) is 5.75 Å². The molecular weight excluding hydrogens is 240 g/mol. The smallest absolute Gasteiger partial charge is 0.122 e. The van der Waals surface area contributed by atoms with Crippen LogP contribution in [0.25, 0.3) is 0 Å². The number of hydrogen-bond donors (Lipinski definition) is 1. The quantitative estimate of drug-likeness (QED) is 0.769. The first-order chi connectivity index (χ1) is 9.31. The van der Waals surface area contributed by atoms with E-state index in [0.717, 1.165) is 44.6 Å². The predicted octanol–water partition coefficient (Wildman–Crippen LogP) is 3.12. The summed E-state index contributed by atoms with van der Waals surface area (Å²) in [6.07, 6.45) is 3.26. The molecule has 1 N–H and O–H groups in total. The average molecular weight is 264 g/mol. The Kier molecular flexibility index (Phi) is 5.67. The molecule has 106 valence electrons. The minimum atomic E-state index is -0.284. The first kappa shape index (κ1) is 14.4. The van der Waals surface area contributed by atoms with Crippen LogP contribution in [-0.4, -0.2) is 31.0 Å². The van der Waals surface area contributed by atoms with E-state index in [1.807, 2.05) is 18.2 Å². The van der Waals surface area contributed by atoms with Crippen molar-refractivity contribution in [3.8, 4) is 5.75 Å². The number of para-hydroxylation sites is 1. The summed E-state index contributed by atoms with van der Waals surface area (Å²) in [7, 11) is 0. The zero-order chi connectivity index (χ0) is 13.5. The van der Waals surface area contributed by atoms with Gasteiger partial charge < -0.3 is 14.6 Å². The maximum atomic E-state index is 10.1. The Hall–Kier alpha value is -1.06. The highest BCUT2D eigenvalue weighted by molar-refractivity contribution is 5.37. The van der Waals surface area contributed by atoms with Gasteiger partial charge in [0, 0.05) is 13.2 Å². The summed E-state index contributed by atoms with van der Waals surface area (Å²) < 4.78 is 11.1. The lowest BCUT2D eigenvalue weighted by Crippen LogP contribution is -2.20. The molecule has 0 saturated carbocycles. The molecule has 0 radical (unpaired) electrons. The highest BCUT2D eigenvalue weighted by atomic mass is 16.5. The topological polar surface area (TPSA) is 38.7 Å². The molecule has 0 amide bonds. The summed E-state index contributed by atoms with van der Waals surface area (Å²) >= 11 is 0. The Morgan fingerprint density at radius 2 is 2.21 bits per heavy atom. The molecule has 1 aromatic rings. The van der Waals surface area contributed by atoms with E-state index >= 15 is 0 Å². The first-order valence-electron chi connectivity index (χ1n) is 7.28. The van der Waals surface area contributed by atoms with Gasteiger partial charge in [0.2, 0.25) is 0 Å². The maximum Gasteiger partial charge on any atom is 0.122 e. The van der Waals surface area contributed by atoms with Crippen LogP contribution in [0.3, 0.4) is 0 Å². The fourth-order valence-corrected chi connectivity index (χ4v) is 2.57. The van der Waals surface area contributed by atoms with Crippen LogP contribution in [0, 0.1) is 0 Å². The first-order valence-corrected chi connectivity index (χ1v) is 7.28. The van der Waals surface area contributed by atoms with Crippen molar-refractivity contribution in [3.63, 3.8) is 0 Å². The molecule has 0 aliphatic carbocycles. The van der Waals surface area contributed by atoms with Crippen molar-refractivity contribution in [1.82, 2.24) is 0 Å².